The number of rotatable bonds is 5. The van der Waals surface area contributed by atoms with Crippen LogP contribution in [0, 0.1) is 0 Å². The van der Waals surface area contributed by atoms with Crippen LogP contribution in [0.2, 0.25) is 0 Å². The van der Waals surface area contributed by atoms with E-state index in [0.29, 0.717) is 33.6 Å². The number of methoxy groups -OCH3 is 1. The average Bonchev–Trinajstić information content (AvgIpc) is 2.77. The number of carbonyl (C=O) groups is 1. The normalized spacial score (nSPS) is 15.3. The van der Waals surface area contributed by atoms with Gasteiger partial charge in [-0.1, -0.05) is 48.2 Å². The van der Waals surface area contributed by atoms with E-state index in [4.69, 9.17) is 4.74 Å². The maximum absolute atomic E-state index is 13.1. The molecule has 0 radical (unpaired) electrons. The highest BCUT2D eigenvalue weighted by Crippen LogP contribution is 2.39. The lowest BCUT2D eigenvalue weighted by molar-refractivity contribution is -0.136. The number of fused-ring (bicyclic) bond motifs is 1. The number of nitrogens with one attached hydrogen (secondary N) is 2. The molecule has 4 rings (SSSR count). The monoisotopic (exact) mass is 420 g/mol. The number of nitrogens with zero attached hydrogens (tertiary/aromatic N) is 2. The Balaban J connectivity index is 1.76. The van der Waals surface area contributed by atoms with Crippen molar-refractivity contribution in [3.05, 3.63) is 93.2 Å². The lowest BCUT2D eigenvalue weighted by Crippen LogP contribution is -2.31. The summed E-state index contributed by atoms with van der Waals surface area (Å²) in [5, 5.41) is 3.63. The van der Waals surface area contributed by atoms with Crippen LogP contribution in [0.5, 0.6) is 0 Å². The largest absolute Gasteiger partial charge is 0.466 e. The van der Waals surface area contributed by atoms with Crippen LogP contribution >= 0.6 is 11.8 Å². The first-order valence-corrected chi connectivity index (χ1v) is 10.3. The van der Waals surface area contributed by atoms with Crippen molar-refractivity contribution in [2.24, 2.45) is 0 Å². The number of hydrogen-bond donors (Lipinski definition) is 2. The molecule has 0 fully saturated rings. The summed E-state index contributed by atoms with van der Waals surface area (Å²) in [6.45, 7) is 1.78. The maximum atomic E-state index is 13.1. The van der Waals surface area contributed by atoms with Crippen molar-refractivity contribution < 1.29 is 9.53 Å². The van der Waals surface area contributed by atoms with Crippen molar-refractivity contribution in [1.29, 1.82) is 0 Å². The third kappa shape index (κ3) is 3.86. The number of anilines is 1. The molecule has 7 nitrogen and oxygen atoms in total. The molecular weight excluding hydrogens is 400 g/mol. The minimum Gasteiger partial charge on any atom is -0.466 e. The zero-order chi connectivity index (χ0) is 21.1. The van der Waals surface area contributed by atoms with Gasteiger partial charge in [-0.25, -0.2) is 9.78 Å². The Hall–Kier alpha value is -3.39. The van der Waals surface area contributed by atoms with E-state index in [0.717, 1.165) is 11.1 Å². The molecule has 30 heavy (non-hydrogen) atoms. The molecule has 0 unspecified atom stereocenters. The molecule has 0 bridgehead atoms. The number of pyridine rings is 1. The molecule has 152 valence electrons. The molecule has 0 aliphatic carbocycles. The Kier molecular flexibility index (Phi) is 5.67. The highest BCUT2D eigenvalue weighted by molar-refractivity contribution is 7.98. The lowest BCUT2D eigenvalue weighted by atomic mass is 9.83. The molecule has 3 heterocycles. The molecule has 2 aromatic heterocycles. The molecule has 0 spiro atoms. The molecule has 1 aliphatic rings. The van der Waals surface area contributed by atoms with Crippen molar-refractivity contribution in [2.75, 3.05) is 12.4 Å². The van der Waals surface area contributed by atoms with Crippen LogP contribution in [0.15, 0.2) is 76.1 Å². The Morgan fingerprint density at radius 1 is 1.20 bits per heavy atom. The summed E-state index contributed by atoms with van der Waals surface area (Å²) in [7, 11) is 1.32. The van der Waals surface area contributed by atoms with Gasteiger partial charge in [-0.2, -0.15) is 0 Å². The van der Waals surface area contributed by atoms with Crippen molar-refractivity contribution in [3.63, 3.8) is 0 Å². The Bertz CT molecular complexity index is 1160. The number of allylic oxidation sites excluding steroid dienone is 1. The number of H-pyrrole nitrogens is 1. The number of ether oxygens (including phenoxy) is 1. The second-order valence-corrected chi connectivity index (χ2v) is 7.75. The van der Waals surface area contributed by atoms with Crippen LogP contribution in [-0.4, -0.2) is 28.0 Å². The molecule has 3 aromatic rings. The number of hydrogen-bond acceptors (Lipinski definition) is 7. The maximum Gasteiger partial charge on any atom is 0.336 e. The van der Waals surface area contributed by atoms with E-state index in [1.54, 1.807) is 25.4 Å². The fourth-order valence-electron chi connectivity index (χ4n) is 3.49. The third-order valence-electron chi connectivity index (χ3n) is 4.86. The van der Waals surface area contributed by atoms with Crippen molar-refractivity contribution >= 4 is 23.5 Å². The fraction of sp³-hybridized carbons (Fsp3) is 0.182. The number of thioether (sulfide) groups is 1. The van der Waals surface area contributed by atoms with Crippen LogP contribution in [0.4, 0.5) is 5.82 Å². The predicted molar refractivity (Wildman–Crippen MR) is 115 cm³/mol. The van der Waals surface area contributed by atoms with E-state index in [9.17, 15) is 9.59 Å². The number of aromatic amines is 1. The molecule has 1 aliphatic heterocycles. The van der Waals surface area contributed by atoms with Gasteiger partial charge in [0.05, 0.1) is 24.2 Å². The Morgan fingerprint density at radius 3 is 2.70 bits per heavy atom. The van der Waals surface area contributed by atoms with E-state index in [1.165, 1.54) is 18.9 Å². The summed E-state index contributed by atoms with van der Waals surface area (Å²) in [5.41, 5.74) is 2.89. The van der Waals surface area contributed by atoms with Crippen LogP contribution < -0.4 is 10.9 Å². The van der Waals surface area contributed by atoms with Crippen LogP contribution in [0.25, 0.3) is 0 Å². The molecule has 0 saturated heterocycles. The average molecular weight is 420 g/mol. The SMILES string of the molecule is COC(=O)C1=C(C)Nc2nc(SCc3ccccc3)[nH]c(=O)c2[C@@H]1c1cccnc1. The van der Waals surface area contributed by atoms with E-state index in [2.05, 4.69) is 20.3 Å². The second kappa shape index (κ2) is 8.54. The highest BCUT2D eigenvalue weighted by atomic mass is 32.2. The molecule has 1 aromatic carbocycles. The summed E-state index contributed by atoms with van der Waals surface area (Å²) < 4.78 is 4.98. The van der Waals surface area contributed by atoms with Crippen molar-refractivity contribution in [1.82, 2.24) is 15.0 Å². The number of aromatic nitrogens is 3. The lowest BCUT2D eigenvalue weighted by Gasteiger charge is -2.28. The van der Waals surface area contributed by atoms with E-state index in [1.807, 2.05) is 36.4 Å². The van der Waals surface area contributed by atoms with Gasteiger partial charge in [0, 0.05) is 23.8 Å². The van der Waals surface area contributed by atoms with Crippen molar-refractivity contribution in [2.45, 2.75) is 23.8 Å². The Morgan fingerprint density at radius 2 is 2.00 bits per heavy atom. The first kappa shape index (κ1) is 19.9. The van der Waals surface area contributed by atoms with Crippen LogP contribution in [0.3, 0.4) is 0 Å². The number of carbonyl (C=O) groups excluding carboxylic acids is 1. The second-order valence-electron chi connectivity index (χ2n) is 6.78. The molecule has 0 amide bonds. The number of esters is 1. The summed E-state index contributed by atoms with van der Waals surface area (Å²) in [6.07, 6.45) is 3.29. The van der Waals surface area contributed by atoms with Gasteiger partial charge in [0.25, 0.3) is 5.56 Å². The summed E-state index contributed by atoms with van der Waals surface area (Å²) >= 11 is 1.44. The molecular formula is C22H20N4O3S. The van der Waals surface area contributed by atoms with Gasteiger partial charge in [0.2, 0.25) is 0 Å². The van der Waals surface area contributed by atoms with Gasteiger partial charge >= 0.3 is 5.97 Å². The summed E-state index contributed by atoms with van der Waals surface area (Å²) in [5.74, 6) is -0.00169. The van der Waals surface area contributed by atoms with Gasteiger partial charge in [-0.3, -0.25) is 9.78 Å². The van der Waals surface area contributed by atoms with E-state index >= 15 is 0 Å². The van der Waals surface area contributed by atoms with E-state index < -0.39 is 11.9 Å². The minimum absolute atomic E-state index is 0.300. The van der Waals surface area contributed by atoms with Crippen LogP contribution in [0.1, 0.15) is 29.5 Å². The third-order valence-corrected chi connectivity index (χ3v) is 5.81. The zero-order valence-corrected chi connectivity index (χ0v) is 17.3. The van der Waals surface area contributed by atoms with Crippen LogP contribution in [-0.2, 0) is 15.3 Å². The highest BCUT2D eigenvalue weighted by Gasteiger charge is 2.36. The minimum atomic E-state index is -0.619. The van der Waals surface area contributed by atoms with Gasteiger partial charge < -0.3 is 15.0 Å². The van der Waals surface area contributed by atoms with Crippen molar-refractivity contribution in [3.8, 4) is 0 Å². The molecule has 0 saturated carbocycles. The molecule has 2 N–H and O–H groups in total. The van der Waals surface area contributed by atoms with Gasteiger partial charge in [-0.05, 0) is 24.1 Å². The smallest absolute Gasteiger partial charge is 0.336 e. The summed E-state index contributed by atoms with van der Waals surface area (Å²) in [6, 6.07) is 13.6. The topological polar surface area (TPSA) is 97.0 Å². The van der Waals surface area contributed by atoms with Gasteiger partial charge in [-0.15, -0.1) is 0 Å². The number of benzene rings is 1. The van der Waals surface area contributed by atoms with Gasteiger partial charge in [0.15, 0.2) is 5.16 Å². The zero-order valence-electron chi connectivity index (χ0n) is 16.5. The Labute approximate surface area is 177 Å². The van der Waals surface area contributed by atoms with Gasteiger partial charge in [0.1, 0.15) is 5.82 Å². The molecule has 1 atom stereocenters. The predicted octanol–water partition coefficient (Wildman–Crippen LogP) is 3.46. The standard InChI is InChI=1S/C22H20N4O3S/c1-13-16(21(28)29-2)17(15-9-6-10-23-11-15)18-19(24-13)25-22(26-20(18)27)30-12-14-7-4-3-5-8-14/h3-11,17H,12H2,1-2H3,(H2,24,25,26,27)/t17-/m1/s1. The molecule has 8 heteroatoms. The summed E-state index contributed by atoms with van der Waals surface area (Å²) in [4.78, 5) is 37.3. The quantitative estimate of drug-likeness (QED) is 0.371. The van der Waals surface area contributed by atoms with E-state index in [-0.39, 0.29) is 5.56 Å². The fourth-order valence-corrected chi connectivity index (χ4v) is 4.30. The first-order chi connectivity index (χ1) is 14.6. The first-order valence-electron chi connectivity index (χ1n) is 9.35.